The van der Waals surface area contributed by atoms with Gasteiger partial charge in [-0.25, -0.2) is 9.97 Å². The second-order valence-corrected chi connectivity index (χ2v) is 15.3. The molecule has 5 heteroatoms. The van der Waals surface area contributed by atoms with Crippen LogP contribution in [-0.2, 0) is 0 Å². The van der Waals surface area contributed by atoms with Crippen LogP contribution in [0.4, 0.5) is 0 Å². The summed E-state index contributed by atoms with van der Waals surface area (Å²) in [6, 6.07) is 68.9. The number of fused-ring (bicyclic) bond motifs is 13. The van der Waals surface area contributed by atoms with Crippen LogP contribution in [0.3, 0.4) is 0 Å². The van der Waals surface area contributed by atoms with Crippen LogP contribution in [0.25, 0.3) is 121 Å². The number of aromatic nitrogens is 4. The van der Waals surface area contributed by atoms with E-state index in [0.29, 0.717) is 5.82 Å². The van der Waals surface area contributed by atoms with E-state index < -0.39 is 0 Å². The molecule has 0 spiro atoms. The van der Waals surface area contributed by atoms with Crippen molar-refractivity contribution in [3.8, 4) is 34.0 Å². The van der Waals surface area contributed by atoms with Crippen LogP contribution in [0.2, 0.25) is 0 Å². The molecule has 0 saturated heterocycles. The summed E-state index contributed by atoms with van der Waals surface area (Å²) in [4.78, 5) is 10.2. The highest BCUT2D eigenvalue weighted by molar-refractivity contribution is 6.28. The van der Waals surface area contributed by atoms with Crippen molar-refractivity contribution in [3.63, 3.8) is 0 Å². The summed E-state index contributed by atoms with van der Waals surface area (Å²) >= 11 is 0. The predicted molar refractivity (Wildman–Crippen MR) is 244 cm³/mol. The molecule has 13 aromatic rings. The first-order valence-corrected chi connectivity index (χ1v) is 20.0. The van der Waals surface area contributed by atoms with Crippen LogP contribution in [0.15, 0.2) is 199 Å². The Morgan fingerprint density at radius 3 is 1.85 bits per heavy atom. The van der Waals surface area contributed by atoms with Gasteiger partial charge in [-0.1, -0.05) is 140 Å². The monoisotopic (exact) mass is 752 g/mol. The average Bonchev–Trinajstić information content (AvgIpc) is 3.97. The van der Waals surface area contributed by atoms with Crippen LogP contribution in [-0.4, -0.2) is 19.1 Å². The summed E-state index contributed by atoms with van der Waals surface area (Å²) in [7, 11) is 0. The van der Waals surface area contributed by atoms with Gasteiger partial charge in [-0.2, -0.15) is 0 Å². The maximum atomic E-state index is 6.83. The minimum Gasteiger partial charge on any atom is -0.454 e. The van der Waals surface area contributed by atoms with Crippen molar-refractivity contribution in [1.82, 2.24) is 19.1 Å². The van der Waals surface area contributed by atoms with Gasteiger partial charge in [0.2, 0.25) is 0 Å². The molecule has 59 heavy (non-hydrogen) atoms. The summed E-state index contributed by atoms with van der Waals surface area (Å²) in [6.07, 6.45) is 0. The molecule has 0 amide bonds. The zero-order valence-corrected chi connectivity index (χ0v) is 31.7. The van der Waals surface area contributed by atoms with E-state index in [-0.39, 0.29) is 0 Å². The number of rotatable bonds is 4. The number of nitrogens with zero attached hydrogens (tertiary/aromatic N) is 4. The van der Waals surface area contributed by atoms with Gasteiger partial charge >= 0.3 is 0 Å². The van der Waals surface area contributed by atoms with E-state index in [1.54, 1.807) is 0 Å². The molecular formula is C54H32N4O. The third kappa shape index (κ3) is 4.61. The van der Waals surface area contributed by atoms with Gasteiger partial charge in [0.15, 0.2) is 11.4 Å². The van der Waals surface area contributed by atoms with Crippen molar-refractivity contribution in [2.24, 2.45) is 0 Å². The third-order valence-electron chi connectivity index (χ3n) is 12.1. The van der Waals surface area contributed by atoms with Crippen molar-refractivity contribution in [1.29, 1.82) is 0 Å². The number of para-hydroxylation sites is 3. The Kier molecular flexibility index (Phi) is 6.66. The largest absolute Gasteiger partial charge is 0.454 e. The lowest BCUT2D eigenvalue weighted by Crippen LogP contribution is -2.00. The summed E-state index contributed by atoms with van der Waals surface area (Å²) in [6.45, 7) is 0. The van der Waals surface area contributed by atoms with Gasteiger partial charge in [-0.05, 0) is 60.0 Å². The highest BCUT2D eigenvalue weighted by Crippen LogP contribution is 2.46. The smallest absolute Gasteiger partial charge is 0.160 e. The summed E-state index contributed by atoms with van der Waals surface area (Å²) in [5.41, 5.74) is 12.3. The maximum absolute atomic E-state index is 6.83. The normalized spacial score (nSPS) is 12.1. The Labute approximate surface area is 337 Å². The fourth-order valence-electron chi connectivity index (χ4n) is 9.50. The molecule has 5 nitrogen and oxygen atoms in total. The van der Waals surface area contributed by atoms with Gasteiger partial charge < -0.3 is 13.6 Å². The molecule has 4 aromatic heterocycles. The minimum absolute atomic E-state index is 0.699. The lowest BCUT2D eigenvalue weighted by molar-refractivity contribution is 0.671. The summed E-state index contributed by atoms with van der Waals surface area (Å²) < 4.78 is 11.7. The molecule has 9 aromatic carbocycles. The molecular weight excluding hydrogens is 721 g/mol. The summed E-state index contributed by atoms with van der Waals surface area (Å²) in [5, 5.41) is 10.3. The molecule has 0 saturated carbocycles. The van der Waals surface area contributed by atoms with Crippen molar-refractivity contribution in [2.45, 2.75) is 0 Å². The van der Waals surface area contributed by atoms with Gasteiger partial charge in [0.05, 0.1) is 39.0 Å². The van der Waals surface area contributed by atoms with Crippen LogP contribution < -0.4 is 0 Å². The summed E-state index contributed by atoms with van der Waals surface area (Å²) in [5.74, 6) is 0.699. The van der Waals surface area contributed by atoms with E-state index in [0.717, 1.165) is 88.5 Å². The van der Waals surface area contributed by atoms with E-state index in [1.165, 1.54) is 26.9 Å². The van der Waals surface area contributed by atoms with Gasteiger partial charge in [0.25, 0.3) is 0 Å². The van der Waals surface area contributed by atoms with Crippen LogP contribution in [0, 0.1) is 0 Å². The molecule has 0 N–H and O–H groups in total. The van der Waals surface area contributed by atoms with E-state index in [9.17, 15) is 0 Å². The van der Waals surface area contributed by atoms with E-state index in [1.807, 2.05) is 24.3 Å². The van der Waals surface area contributed by atoms with E-state index in [4.69, 9.17) is 14.4 Å². The highest BCUT2D eigenvalue weighted by Gasteiger charge is 2.25. The van der Waals surface area contributed by atoms with Gasteiger partial charge in [-0.15, -0.1) is 0 Å². The van der Waals surface area contributed by atoms with E-state index in [2.05, 4.69) is 179 Å². The quantitative estimate of drug-likeness (QED) is 0.180. The van der Waals surface area contributed by atoms with Crippen molar-refractivity contribution in [2.75, 3.05) is 0 Å². The van der Waals surface area contributed by atoms with Crippen LogP contribution in [0.1, 0.15) is 0 Å². The number of furan rings is 1. The molecule has 274 valence electrons. The molecule has 0 unspecified atom stereocenters. The molecule has 0 aliphatic rings. The molecule has 0 aliphatic heterocycles. The average molecular weight is 753 g/mol. The topological polar surface area (TPSA) is 48.8 Å². The molecule has 4 heterocycles. The Hall–Kier alpha value is -8.02. The third-order valence-corrected chi connectivity index (χ3v) is 12.1. The zero-order chi connectivity index (χ0) is 38.6. The lowest BCUT2D eigenvalue weighted by atomic mass is 10.1. The Balaban J connectivity index is 1.12. The van der Waals surface area contributed by atoms with Crippen molar-refractivity contribution >= 4 is 87.2 Å². The first-order valence-electron chi connectivity index (χ1n) is 20.0. The molecule has 0 fully saturated rings. The molecule has 0 bridgehead atoms. The number of benzene rings is 9. The predicted octanol–water partition coefficient (Wildman–Crippen LogP) is 14.2. The van der Waals surface area contributed by atoms with Crippen LogP contribution in [0.5, 0.6) is 0 Å². The lowest BCUT2D eigenvalue weighted by Gasteiger charge is -2.15. The SMILES string of the molecule is c1ccc(-c2nc(-c3ccc(-n4c5ccccc5c5ccc6c7ccc8c9ccccc9oc8c7n(-c7cccc8ccccc78)c6c54)cc3)nc3ccccc23)cc1. The standard InChI is InChI=1S/C54H32N4O/c1-2-14-34(15-3-1)49-44-20-6-9-21-45(44)55-54(56-49)35-25-27-36(28-26-35)57-47-22-10-7-18-38(47)40-29-30-41-42-31-32-43-39-19-8-11-24-48(39)59-53(43)52(42)58(51(41)50(40)57)46-23-12-16-33-13-4-5-17-37(33)46/h1-32H. The Morgan fingerprint density at radius 1 is 0.373 bits per heavy atom. The van der Waals surface area contributed by atoms with E-state index >= 15 is 0 Å². The first-order chi connectivity index (χ1) is 29.3. The first kappa shape index (κ1) is 32.1. The second kappa shape index (κ2) is 12.2. The fraction of sp³-hybridized carbons (Fsp3) is 0. The van der Waals surface area contributed by atoms with Crippen molar-refractivity contribution in [3.05, 3.63) is 194 Å². The number of hydrogen-bond donors (Lipinski definition) is 0. The zero-order valence-electron chi connectivity index (χ0n) is 31.7. The Morgan fingerprint density at radius 2 is 1.00 bits per heavy atom. The van der Waals surface area contributed by atoms with Gasteiger partial charge in [0, 0.05) is 59.9 Å². The molecule has 0 aliphatic carbocycles. The fourth-order valence-corrected chi connectivity index (χ4v) is 9.50. The minimum atomic E-state index is 0.699. The van der Waals surface area contributed by atoms with Crippen LogP contribution >= 0.6 is 0 Å². The number of hydrogen-bond acceptors (Lipinski definition) is 3. The molecule has 13 rings (SSSR count). The maximum Gasteiger partial charge on any atom is 0.160 e. The highest BCUT2D eigenvalue weighted by atomic mass is 16.3. The van der Waals surface area contributed by atoms with Crippen molar-refractivity contribution < 1.29 is 4.42 Å². The second-order valence-electron chi connectivity index (χ2n) is 15.3. The Bertz CT molecular complexity index is 3830. The molecule has 0 radical (unpaired) electrons. The van der Waals surface area contributed by atoms with Gasteiger partial charge in [-0.3, -0.25) is 0 Å². The van der Waals surface area contributed by atoms with Gasteiger partial charge in [0.1, 0.15) is 5.58 Å². The molecule has 0 atom stereocenters.